The molecular weight excluding hydrogens is 274 g/mol. The van der Waals surface area contributed by atoms with Gasteiger partial charge in [-0.1, -0.05) is 43.7 Å². The van der Waals surface area contributed by atoms with Gasteiger partial charge in [-0.3, -0.25) is 4.90 Å². The van der Waals surface area contributed by atoms with Crippen LogP contribution < -0.4 is 0 Å². The maximum absolute atomic E-state index is 2.73. The van der Waals surface area contributed by atoms with Crippen LogP contribution in [0.4, 0.5) is 0 Å². The van der Waals surface area contributed by atoms with E-state index in [0.717, 1.165) is 11.8 Å². The number of benzene rings is 1. The second-order valence-electron chi connectivity index (χ2n) is 6.54. The van der Waals surface area contributed by atoms with E-state index in [4.69, 9.17) is 0 Å². The summed E-state index contributed by atoms with van der Waals surface area (Å²) >= 11 is 1.89. The quantitative estimate of drug-likeness (QED) is 0.737. The summed E-state index contributed by atoms with van der Waals surface area (Å²) in [5.41, 5.74) is 1.54. The fourth-order valence-corrected chi connectivity index (χ4v) is 5.15. The van der Waals surface area contributed by atoms with Gasteiger partial charge < -0.3 is 0 Å². The van der Waals surface area contributed by atoms with E-state index in [1.165, 1.54) is 48.0 Å². The first kappa shape index (κ1) is 13.5. The van der Waals surface area contributed by atoms with Gasteiger partial charge in [0, 0.05) is 23.8 Å². The summed E-state index contributed by atoms with van der Waals surface area (Å²) in [6, 6.07) is 9.52. The van der Waals surface area contributed by atoms with Gasteiger partial charge in [-0.25, -0.2) is 0 Å². The van der Waals surface area contributed by atoms with Crippen molar-refractivity contribution < 1.29 is 0 Å². The van der Waals surface area contributed by atoms with Gasteiger partial charge in [-0.15, -0.1) is 11.3 Å². The molecular formula is C19H23NS. The maximum Gasteiger partial charge on any atom is 0.0345 e. The minimum atomic E-state index is 0.699. The van der Waals surface area contributed by atoms with E-state index in [-0.39, 0.29) is 0 Å². The third-order valence-corrected chi connectivity index (χ3v) is 6.33. The summed E-state index contributed by atoms with van der Waals surface area (Å²) in [4.78, 5) is 2.73. The van der Waals surface area contributed by atoms with E-state index in [0.29, 0.717) is 6.04 Å². The van der Waals surface area contributed by atoms with Crippen molar-refractivity contribution in [2.24, 2.45) is 11.8 Å². The molecule has 1 aromatic heterocycles. The largest absolute Gasteiger partial charge is 0.296 e. The number of fused-ring (bicyclic) bond motifs is 3. The first-order chi connectivity index (χ1) is 10.3. The Labute approximate surface area is 131 Å². The molecule has 1 aliphatic carbocycles. The van der Waals surface area contributed by atoms with Gasteiger partial charge >= 0.3 is 0 Å². The Morgan fingerprint density at radius 1 is 1.24 bits per heavy atom. The molecule has 0 amide bonds. The standard InChI is InChI=1S/C19H23NS/c1-2-15-11-14-7-8-18(15)20(12-14)10-9-16-13-21-19-6-4-3-5-17(16)19/h3-8,13-15,18H,2,9-12H2,1H3. The predicted octanol–water partition coefficient (Wildman–Crippen LogP) is 4.73. The van der Waals surface area contributed by atoms with Crippen LogP contribution >= 0.6 is 11.3 Å². The van der Waals surface area contributed by atoms with E-state index >= 15 is 0 Å². The SMILES string of the molecule is CCC1CC2C=CC1N(CCc1csc3ccccc13)C2. The lowest BCUT2D eigenvalue weighted by Gasteiger charge is -2.46. The van der Waals surface area contributed by atoms with E-state index in [9.17, 15) is 0 Å². The van der Waals surface area contributed by atoms with Crippen LogP contribution in [0.2, 0.25) is 0 Å². The molecule has 2 heteroatoms. The molecule has 1 nitrogen and oxygen atoms in total. The molecule has 2 aliphatic heterocycles. The molecule has 3 atom stereocenters. The number of nitrogens with zero attached hydrogens (tertiary/aromatic N) is 1. The first-order valence-corrected chi connectivity index (χ1v) is 9.10. The first-order valence-electron chi connectivity index (χ1n) is 8.22. The van der Waals surface area contributed by atoms with Crippen LogP contribution in [0, 0.1) is 11.8 Å². The van der Waals surface area contributed by atoms with Crippen LogP contribution in [0.3, 0.4) is 0 Å². The second-order valence-corrected chi connectivity index (χ2v) is 7.45. The number of rotatable bonds is 4. The number of thiophene rings is 1. The number of hydrogen-bond acceptors (Lipinski definition) is 2. The van der Waals surface area contributed by atoms with Gasteiger partial charge in [-0.2, -0.15) is 0 Å². The van der Waals surface area contributed by atoms with Crippen molar-refractivity contribution in [2.45, 2.75) is 32.2 Å². The summed E-state index contributed by atoms with van der Waals surface area (Å²) in [5.74, 6) is 1.69. The number of hydrogen-bond donors (Lipinski definition) is 0. The zero-order valence-electron chi connectivity index (χ0n) is 12.7. The summed E-state index contributed by atoms with van der Waals surface area (Å²) in [7, 11) is 0. The molecule has 110 valence electrons. The van der Waals surface area contributed by atoms with Crippen molar-refractivity contribution >= 4 is 21.4 Å². The lowest BCUT2D eigenvalue weighted by molar-refractivity contribution is 0.0826. The van der Waals surface area contributed by atoms with E-state index in [2.05, 4.69) is 53.6 Å². The molecule has 2 aromatic rings. The molecule has 0 spiro atoms. The molecule has 1 saturated heterocycles. The van der Waals surface area contributed by atoms with Gasteiger partial charge in [-0.05, 0) is 47.1 Å². The minimum Gasteiger partial charge on any atom is -0.296 e. The minimum absolute atomic E-state index is 0.699. The highest BCUT2D eigenvalue weighted by molar-refractivity contribution is 7.17. The van der Waals surface area contributed by atoms with E-state index < -0.39 is 0 Å². The monoisotopic (exact) mass is 297 g/mol. The summed E-state index contributed by atoms with van der Waals surface area (Å²) in [6.07, 6.45) is 8.88. The zero-order valence-corrected chi connectivity index (χ0v) is 13.5. The molecule has 1 fully saturated rings. The van der Waals surface area contributed by atoms with Crippen molar-refractivity contribution in [1.82, 2.24) is 4.90 Å². The Kier molecular flexibility index (Phi) is 3.60. The van der Waals surface area contributed by atoms with E-state index in [1.807, 2.05) is 11.3 Å². The molecule has 1 aromatic carbocycles. The van der Waals surface area contributed by atoms with Crippen LogP contribution in [-0.2, 0) is 6.42 Å². The molecule has 0 saturated carbocycles. The van der Waals surface area contributed by atoms with Crippen LogP contribution in [0.25, 0.3) is 10.1 Å². The third kappa shape index (κ3) is 2.45. The predicted molar refractivity (Wildman–Crippen MR) is 91.9 cm³/mol. The molecule has 21 heavy (non-hydrogen) atoms. The Morgan fingerprint density at radius 3 is 3.00 bits per heavy atom. The molecule has 3 heterocycles. The maximum atomic E-state index is 2.73. The van der Waals surface area contributed by atoms with Gasteiger partial charge in [0.25, 0.3) is 0 Å². The molecule has 3 unspecified atom stereocenters. The van der Waals surface area contributed by atoms with Crippen molar-refractivity contribution in [3.63, 3.8) is 0 Å². The average Bonchev–Trinajstić information content (AvgIpc) is 2.96. The summed E-state index contributed by atoms with van der Waals surface area (Å²) in [6.45, 7) is 4.84. The van der Waals surface area contributed by atoms with Crippen LogP contribution in [0.5, 0.6) is 0 Å². The van der Waals surface area contributed by atoms with Gasteiger partial charge in [0.1, 0.15) is 0 Å². The van der Waals surface area contributed by atoms with E-state index in [1.54, 1.807) is 0 Å². The van der Waals surface area contributed by atoms with Crippen LogP contribution in [-0.4, -0.2) is 24.0 Å². The molecule has 5 rings (SSSR count). The van der Waals surface area contributed by atoms with Crippen molar-refractivity contribution in [1.29, 1.82) is 0 Å². The Morgan fingerprint density at radius 2 is 2.14 bits per heavy atom. The lowest BCUT2D eigenvalue weighted by Crippen LogP contribution is -2.50. The molecule has 0 radical (unpaired) electrons. The Balaban J connectivity index is 1.49. The van der Waals surface area contributed by atoms with Crippen molar-refractivity contribution in [3.8, 4) is 0 Å². The van der Waals surface area contributed by atoms with Gasteiger partial charge in [0.05, 0.1) is 0 Å². The van der Waals surface area contributed by atoms with Gasteiger partial charge in [0.15, 0.2) is 0 Å². The normalized spacial score (nSPS) is 28.5. The highest BCUT2D eigenvalue weighted by Crippen LogP contribution is 2.36. The van der Waals surface area contributed by atoms with Crippen molar-refractivity contribution in [2.75, 3.05) is 13.1 Å². The van der Waals surface area contributed by atoms with Crippen LogP contribution in [0.1, 0.15) is 25.3 Å². The third-order valence-electron chi connectivity index (χ3n) is 5.31. The van der Waals surface area contributed by atoms with Gasteiger partial charge in [0.2, 0.25) is 0 Å². The lowest BCUT2D eigenvalue weighted by atomic mass is 9.76. The fraction of sp³-hybridized carbons (Fsp3) is 0.474. The topological polar surface area (TPSA) is 3.24 Å². The smallest absolute Gasteiger partial charge is 0.0345 e. The number of piperidine rings is 1. The van der Waals surface area contributed by atoms with Crippen LogP contribution in [0.15, 0.2) is 41.8 Å². The Bertz CT molecular complexity index is 656. The fourth-order valence-electron chi connectivity index (χ4n) is 4.15. The second kappa shape index (κ2) is 5.58. The molecule has 0 N–H and O–H groups in total. The highest BCUT2D eigenvalue weighted by Gasteiger charge is 2.35. The zero-order chi connectivity index (χ0) is 14.2. The van der Waals surface area contributed by atoms with Crippen molar-refractivity contribution in [3.05, 3.63) is 47.4 Å². The summed E-state index contributed by atoms with van der Waals surface area (Å²) < 4.78 is 1.43. The molecule has 3 aliphatic rings. The molecule has 2 bridgehead atoms. The summed E-state index contributed by atoms with van der Waals surface area (Å²) in [5, 5.41) is 3.83. The highest BCUT2D eigenvalue weighted by atomic mass is 32.1. The average molecular weight is 297 g/mol. The Hall–Kier alpha value is -1.12.